The second-order valence-corrected chi connectivity index (χ2v) is 21.4. The maximum atomic E-state index is 13.5. The summed E-state index contributed by atoms with van der Waals surface area (Å²) < 4.78 is 89.2. The molecule has 6 aromatic rings. The number of halogens is 7. The van der Waals surface area contributed by atoms with E-state index in [1.807, 2.05) is 6.07 Å². The van der Waals surface area contributed by atoms with Crippen LogP contribution in [-0.2, 0) is 28.7 Å². The number of esters is 2. The molecule has 2 atom stereocenters. The molecule has 12 nitrogen and oxygen atoms in total. The van der Waals surface area contributed by atoms with Crippen molar-refractivity contribution < 1.29 is 55.0 Å². The Hall–Kier alpha value is -6.70. The molecular weight excluding hydrogens is 1090 g/mol. The molecule has 2 aromatic heterocycles. The second kappa shape index (κ2) is 27.4. The molecule has 2 amide bonds. The fraction of sp³-hybridized carbons (Fsp3) is 0.400. The number of nitrogens with one attached hydrogen (secondary N) is 3. The van der Waals surface area contributed by atoms with Crippen molar-refractivity contribution in [3.8, 4) is 0 Å². The first-order valence-electron chi connectivity index (χ1n) is 26.7. The smallest absolute Gasteiger partial charge is 0.323 e. The molecule has 4 aliphatic rings. The Morgan fingerprint density at radius 3 is 1.39 bits per heavy atom. The molecule has 4 fully saturated rings. The fourth-order valence-electron chi connectivity index (χ4n) is 11.3. The lowest BCUT2D eigenvalue weighted by Crippen LogP contribution is -2.52. The van der Waals surface area contributed by atoms with E-state index in [0.29, 0.717) is 57.8 Å². The topological polar surface area (TPSA) is 140 Å². The minimum atomic E-state index is -1.54. The van der Waals surface area contributed by atoms with Crippen molar-refractivity contribution in [1.82, 2.24) is 30.0 Å². The number of aromatic amines is 2. The van der Waals surface area contributed by atoms with Gasteiger partial charge in [0, 0.05) is 72.5 Å². The van der Waals surface area contributed by atoms with Crippen LogP contribution in [-0.4, -0.2) is 126 Å². The van der Waals surface area contributed by atoms with Crippen molar-refractivity contribution in [3.05, 3.63) is 154 Å². The number of H-pyrrole nitrogens is 2. The molecule has 6 heterocycles. The zero-order valence-electron chi connectivity index (χ0n) is 44.1. The monoisotopic (exact) mass is 1160 g/mol. The Labute approximate surface area is 463 Å². The maximum Gasteiger partial charge on any atom is 0.323 e. The summed E-state index contributed by atoms with van der Waals surface area (Å²) in [6, 6.07) is 19.9. The fourth-order valence-corrected chi connectivity index (χ4v) is 12.0. The van der Waals surface area contributed by atoms with Gasteiger partial charge < -0.3 is 34.6 Å². The lowest BCUT2D eigenvalue weighted by molar-refractivity contribution is -0.151. The van der Waals surface area contributed by atoms with E-state index < -0.39 is 39.7 Å². The number of ether oxygens (including phenoxy) is 2. The molecule has 79 heavy (non-hydrogen) atoms. The number of amides is 2. The van der Waals surface area contributed by atoms with E-state index in [0.717, 1.165) is 74.7 Å². The Morgan fingerprint density at radius 2 is 0.962 bits per heavy atom. The first-order chi connectivity index (χ1) is 38.1. The van der Waals surface area contributed by atoms with Crippen LogP contribution in [0.4, 0.5) is 26.3 Å². The Kier molecular flexibility index (Phi) is 20.3. The normalized spacial score (nSPS) is 18.0. The van der Waals surface area contributed by atoms with Crippen LogP contribution in [0.15, 0.2) is 97.3 Å². The predicted molar refractivity (Wildman–Crippen MR) is 295 cm³/mol. The zero-order chi connectivity index (χ0) is 56.2. The molecule has 0 bridgehead atoms. The van der Waals surface area contributed by atoms with Gasteiger partial charge in [-0.1, -0.05) is 52.3 Å². The third-order valence-electron chi connectivity index (χ3n) is 15.7. The molecule has 4 aromatic carbocycles. The van der Waals surface area contributed by atoms with E-state index in [1.165, 1.54) is 78.8 Å². The van der Waals surface area contributed by atoms with Crippen molar-refractivity contribution in [2.45, 2.75) is 74.1 Å². The highest BCUT2D eigenvalue weighted by molar-refractivity contribution is 9.10. The van der Waals surface area contributed by atoms with Gasteiger partial charge in [0.2, 0.25) is 11.8 Å². The Balaban J connectivity index is 0.000000174. The number of alkyl halides is 1. The van der Waals surface area contributed by atoms with Gasteiger partial charge in [-0.05, 0) is 172 Å². The van der Waals surface area contributed by atoms with Crippen LogP contribution in [0.5, 0.6) is 0 Å². The summed E-state index contributed by atoms with van der Waals surface area (Å²) in [6.07, 6.45) is 16.2. The van der Waals surface area contributed by atoms with Gasteiger partial charge in [-0.15, -0.1) is 0 Å². The summed E-state index contributed by atoms with van der Waals surface area (Å²) in [5.74, 6) is -8.22. The molecule has 0 spiro atoms. The number of methoxy groups -OCH3 is 2. The first-order valence-corrected chi connectivity index (χ1v) is 27.6. The number of hydrogen-bond donors (Lipinski definition) is 3. The number of para-hydroxylation sites is 2. The standard InChI is InChI=1S/C30H32F3N3O3.C17H17BrF3NO3.C13H16N2/c1-39-30(38)29(36-14-8-20(9-15-36)23-18-34-26-5-3-2-4-22(23)26)21-10-12-35(13-11-21)27(37)7-6-19-16-24(31)28(33)25(32)17-19;1-25-17(24)15(18)11-4-6-22(7-5-11)14(23)3-2-10-8-12(19)16(21)13(20)9-10;1-2-4-13-11(3-1)12(9-15-13)10-5-7-14-8-6-10/h2-7,16-18,20-21,29,34H,8-15H2,1H3;2-3,8-9,11,15H,4-7H2,1H3;1-4,9-10,14-15H,5-8H2/b7-6+;3-2+;. The molecule has 3 N–H and O–H groups in total. The lowest BCUT2D eigenvalue weighted by Gasteiger charge is -2.42. The van der Waals surface area contributed by atoms with Crippen LogP contribution in [0.1, 0.15) is 85.5 Å². The summed E-state index contributed by atoms with van der Waals surface area (Å²) in [5, 5.41) is 6.07. The number of nitrogens with zero attached hydrogens (tertiary/aromatic N) is 3. The van der Waals surface area contributed by atoms with Crippen LogP contribution >= 0.6 is 15.9 Å². The number of fused-ring (bicyclic) bond motifs is 2. The maximum absolute atomic E-state index is 13.5. The number of aromatic nitrogens is 2. The van der Waals surface area contributed by atoms with Crippen molar-refractivity contribution in [3.63, 3.8) is 0 Å². The van der Waals surface area contributed by atoms with Gasteiger partial charge in [-0.2, -0.15) is 0 Å². The highest BCUT2D eigenvalue weighted by Gasteiger charge is 2.39. The van der Waals surface area contributed by atoms with Crippen LogP contribution < -0.4 is 5.32 Å². The Morgan fingerprint density at radius 1 is 0.557 bits per heavy atom. The molecule has 4 saturated heterocycles. The first kappa shape index (κ1) is 58.4. The number of carbonyl (C=O) groups excluding carboxylic acids is 4. The van der Waals surface area contributed by atoms with Gasteiger partial charge in [-0.3, -0.25) is 24.1 Å². The minimum absolute atomic E-state index is 0.0513. The van der Waals surface area contributed by atoms with E-state index in [2.05, 4.69) is 95.7 Å². The van der Waals surface area contributed by atoms with Gasteiger partial charge >= 0.3 is 11.9 Å². The number of rotatable bonds is 11. The molecule has 19 heteroatoms. The van der Waals surface area contributed by atoms with Crippen LogP contribution in [0, 0.1) is 46.7 Å². The third kappa shape index (κ3) is 14.6. The van der Waals surface area contributed by atoms with Crippen LogP contribution in [0.3, 0.4) is 0 Å². The number of hydrogen-bond acceptors (Lipinski definition) is 8. The summed E-state index contributed by atoms with van der Waals surface area (Å²) in [7, 11) is 2.74. The second-order valence-electron chi connectivity index (χ2n) is 20.4. The quantitative estimate of drug-likeness (QED) is 0.0383. The molecule has 0 saturated carbocycles. The molecule has 4 aliphatic heterocycles. The van der Waals surface area contributed by atoms with Crippen molar-refractivity contribution in [2.24, 2.45) is 11.8 Å². The van der Waals surface area contributed by atoms with Gasteiger partial charge in [0.25, 0.3) is 0 Å². The third-order valence-corrected chi connectivity index (χ3v) is 16.8. The van der Waals surface area contributed by atoms with E-state index in [9.17, 15) is 45.5 Å². The van der Waals surface area contributed by atoms with E-state index in [-0.39, 0.29) is 52.8 Å². The number of likely N-dealkylation sites (tertiary alicyclic amines) is 3. The van der Waals surface area contributed by atoms with Crippen LogP contribution in [0.25, 0.3) is 34.0 Å². The molecule has 2 unspecified atom stereocenters. The van der Waals surface area contributed by atoms with Crippen molar-refractivity contribution >= 4 is 73.6 Å². The van der Waals surface area contributed by atoms with Crippen molar-refractivity contribution in [1.29, 1.82) is 0 Å². The van der Waals surface area contributed by atoms with Gasteiger partial charge in [0.1, 0.15) is 10.9 Å². The molecule has 10 rings (SSSR count). The highest BCUT2D eigenvalue weighted by Crippen LogP contribution is 2.36. The summed E-state index contributed by atoms with van der Waals surface area (Å²) in [4.78, 5) is 61.0. The molecular formula is C60H65BrF6N6O6. The average Bonchev–Trinajstić information content (AvgIpc) is 4.21. The summed E-state index contributed by atoms with van der Waals surface area (Å²) in [6.45, 7) is 5.72. The van der Waals surface area contributed by atoms with Gasteiger partial charge in [-0.25, -0.2) is 26.3 Å². The van der Waals surface area contributed by atoms with E-state index in [1.54, 1.807) is 9.80 Å². The minimum Gasteiger partial charge on any atom is -0.468 e. The lowest BCUT2D eigenvalue weighted by atomic mass is 9.84. The predicted octanol–water partition coefficient (Wildman–Crippen LogP) is 11.2. The molecule has 0 aliphatic carbocycles. The largest absolute Gasteiger partial charge is 0.468 e. The molecule has 420 valence electrons. The van der Waals surface area contributed by atoms with Crippen LogP contribution in [0.2, 0.25) is 0 Å². The molecule has 0 radical (unpaired) electrons. The Bertz CT molecular complexity index is 3090. The van der Waals surface area contributed by atoms with Gasteiger partial charge in [0.15, 0.2) is 34.9 Å². The van der Waals surface area contributed by atoms with Gasteiger partial charge in [0.05, 0.1) is 14.2 Å². The summed E-state index contributed by atoms with van der Waals surface area (Å²) >= 11 is 3.31. The number of benzene rings is 4. The average molecular weight is 1160 g/mol. The zero-order valence-corrected chi connectivity index (χ0v) is 45.7. The van der Waals surface area contributed by atoms with E-state index in [4.69, 9.17) is 4.74 Å². The summed E-state index contributed by atoms with van der Waals surface area (Å²) in [5.41, 5.74) is 5.36. The number of piperidine rings is 4. The van der Waals surface area contributed by atoms with Crippen molar-refractivity contribution in [2.75, 3.05) is 66.6 Å². The van der Waals surface area contributed by atoms with E-state index >= 15 is 0 Å². The SMILES string of the molecule is COC(=O)C(Br)C1CCN(C(=O)/C=C/c2cc(F)c(F)c(F)c2)CC1.COC(=O)C(C1CCN(C(=O)/C=C/c2cc(F)c(F)c(F)c2)CC1)N1CCC(c2c[nH]c3ccccc23)CC1.c1ccc2c(C3CCNCC3)c[nH]c2c1. The number of carbonyl (C=O) groups is 4. The highest BCUT2D eigenvalue weighted by atomic mass is 79.9.